The molecule has 0 spiro atoms. The number of amides is 2. The minimum atomic E-state index is -0.161. The Morgan fingerprint density at radius 1 is 0.975 bits per heavy atom. The first-order valence-corrected chi connectivity index (χ1v) is 13.8. The van der Waals surface area contributed by atoms with Gasteiger partial charge in [-0.05, 0) is 73.2 Å². The number of fused-ring (bicyclic) bond motifs is 1. The lowest BCUT2D eigenvalue weighted by Gasteiger charge is -2.24. The molecule has 1 aromatic heterocycles. The largest absolute Gasteiger partial charge is 0.358 e. The maximum Gasteiger partial charge on any atom is 0.256 e. The summed E-state index contributed by atoms with van der Waals surface area (Å²) in [6.45, 7) is 8.93. The van der Waals surface area contributed by atoms with Gasteiger partial charge in [0.15, 0.2) is 0 Å². The Bertz CT molecular complexity index is 1600. The SMILES string of the molecule is CCCN(C[C@H](C)N)C(=O)c1c(C)[nH]c(C=C2C(=O)Nc3cccc(-c4cccc(-c5ccccc5)c4)c32)c1C. The molecule has 2 amide bonds. The molecule has 0 unspecified atom stereocenters. The normalized spacial score (nSPS) is 14.2. The first-order chi connectivity index (χ1) is 19.3. The molecule has 3 aromatic carbocycles. The van der Waals surface area contributed by atoms with Crippen LogP contribution in [-0.4, -0.2) is 40.8 Å². The standard InChI is InChI=1S/C34H36N4O2/c1-5-17-38(20-21(2)35)34(40)31-22(3)30(36-23(31)4)19-28-32-27(15-10-16-29(32)37-33(28)39)26-14-9-13-25(18-26)24-11-7-6-8-12-24/h6-16,18-19,21,36H,5,17,20,35H2,1-4H3,(H,37,39)/t21-/m0/s1. The Labute approximate surface area is 235 Å². The van der Waals surface area contributed by atoms with Crippen LogP contribution in [0.1, 0.15) is 53.1 Å². The van der Waals surface area contributed by atoms with E-state index in [2.05, 4.69) is 53.6 Å². The van der Waals surface area contributed by atoms with Gasteiger partial charge >= 0.3 is 0 Å². The molecule has 4 N–H and O–H groups in total. The van der Waals surface area contributed by atoms with Crippen LogP contribution in [0.2, 0.25) is 0 Å². The highest BCUT2D eigenvalue weighted by Crippen LogP contribution is 2.41. The van der Waals surface area contributed by atoms with Crippen LogP contribution in [0.3, 0.4) is 0 Å². The van der Waals surface area contributed by atoms with Crippen molar-refractivity contribution < 1.29 is 9.59 Å². The molecule has 5 rings (SSSR count). The minimum absolute atomic E-state index is 0.0373. The van der Waals surface area contributed by atoms with Crippen LogP contribution in [0, 0.1) is 13.8 Å². The smallest absolute Gasteiger partial charge is 0.256 e. The summed E-state index contributed by atoms with van der Waals surface area (Å²) in [7, 11) is 0. The van der Waals surface area contributed by atoms with Gasteiger partial charge in [-0.3, -0.25) is 9.59 Å². The van der Waals surface area contributed by atoms with Gasteiger partial charge in [-0.2, -0.15) is 0 Å². The zero-order valence-electron chi connectivity index (χ0n) is 23.5. The number of rotatable bonds is 8. The number of anilines is 1. The number of hydrogen-bond donors (Lipinski definition) is 3. The summed E-state index contributed by atoms with van der Waals surface area (Å²) < 4.78 is 0. The third-order valence-electron chi connectivity index (χ3n) is 7.38. The molecule has 0 radical (unpaired) electrons. The van der Waals surface area contributed by atoms with Gasteiger partial charge in [0.1, 0.15) is 0 Å². The Balaban J connectivity index is 1.57. The number of nitrogens with one attached hydrogen (secondary N) is 2. The van der Waals surface area contributed by atoms with E-state index in [1.165, 1.54) is 0 Å². The van der Waals surface area contributed by atoms with Crippen LogP contribution in [0.4, 0.5) is 5.69 Å². The van der Waals surface area contributed by atoms with Crippen molar-refractivity contribution in [2.45, 2.75) is 40.2 Å². The molecule has 1 aliphatic heterocycles. The number of nitrogens with zero attached hydrogens (tertiary/aromatic N) is 1. The van der Waals surface area contributed by atoms with Gasteiger partial charge in [0.25, 0.3) is 11.8 Å². The van der Waals surface area contributed by atoms with Crippen molar-refractivity contribution >= 4 is 29.2 Å². The molecule has 0 aliphatic carbocycles. The Morgan fingerprint density at radius 2 is 1.68 bits per heavy atom. The zero-order valence-corrected chi connectivity index (χ0v) is 23.5. The molecule has 1 aliphatic rings. The number of carbonyl (C=O) groups is 2. The van der Waals surface area contributed by atoms with Crippen LogP contribution < -0.4 is 11.1 Å². The number of aryl methyl sites for hydroxylation is 1. The molecule has 0 saturated carbocycles. The molecule has 40 heavy (non-hydrogen) atoms. The molecular weight excluding hydrogens is 496 g/mol. The molecule has 0 saturated heterocycles. The Kier molecular flexibility index (Phi) is 7.71. The summed E-state index contributed by atoms with van der Waals surface area (Å²) in [5.74, 6) is -0.199. The van der Waals surface area contributed by atoms with E-state index in [0.29, 0.717) is 24.2 Å². The molecule has 1 atom stereocenters. The fourth-order valence-electron chi connectivity index (χ4n) is 5.56. The van der Waals surface area contributed by atoms with Gasteiger partial charge in [-0.1, -0.05) is 67.6 Å². The summed E-state index contributed by atoms with van der Waals surface area (Å²) in [6.07, 6.45) is 2.73. The molecule has 0 bridgehead atoms. The van der Waals surface area contributed by atoms with Crippen LogP contribution in [0.25, 0.3) is 33.9 Å². The molecule has 4 aromatic rings. The molecule has 0 fully saturated rings. The molecule has 6 heteroatoms. The van der Waals surface area contributed by atoms with Crippen molar-refractivity contribution in [1.82, 2.24) is 9.88 Å². The van der Waals surface area contributed by atoms with E-state index in [1.807, 2.05) is 68.1 Å². The highest BCUT2D eigenvalue weighted by Gasteiger charge is 2.29. The van der Waals surface area contributed by atoms with Crippen LogP contribution in [0.15, 0.2) is 72.8 Å². The number of benzene rings is 3. The number of H-pyrrole nitrogens is 1. The van der Waals surface area contributed by atoms with Gasteiger partial charge in [0.2, 0.25) is 0 Å². The third-order valence-corrected chi connectivity index (χ3v) is 7.38. The number of aromatic amines is 1. The molecule has 204 valence electrons. The number of hydrogen-bond acceptors (Lipinski definition) is 3. The lowest BCUT2D eigenvalue weighted by atomic mass is 9.92. The second-order valence-corrected chi connectivity index (χ2v) is 10.6. The van der Waals surface area contributed by atoms with Gasteiger partial charge in [0.05, 0.1) is 11.1 Å². The van der Waals surface area contributed by atoms with Crippen molar-refractivity contribution in [3.8, 4) is 22.3 Å². The fraction of sp³-hybridized carbons (Fsp3) is 0.235. The lowest BCUT2D eigenvalue weighted by molar-refractivity contribution is -0.110. The summed E-state index contributed by atoms with van der Waals surface area (Å²) in [4.78, 5) is 32.0. The van der Waals surface area contributed by atoms with E-state index >= 15 is 0 Å². The molecule has 6 nitrogen and oxygen atoms in total. The summed E-state index contributed by atoms with van der Waals surface area (Å²) in [6, 6.07) is 24.5. The maximum absolute atomic E-state index is 13.6. The number of nitrogens with two attached hydrogens (primary N) is 1. The summed E-state index contributed by atoms with van der Waals surface area (Å²) in [5, 5.41) is 3.03. The van der Waals surface area contributed by atoms with Crippen LogP contribution >= 0.6 is 0 Å². The first kappa shape index (κ1) is 27.2. The first-order valence-electron chi connectivity index (χ1n) is 13.8. The third kappa shape index (κ3) is 5.23. The predicted octanol–water partition coefficient (Wildman–Crippen LogP) is 6.66. The van der Waals surface area contributed by atoms with E-state index in [4.69, 9.17) is 5.73 Å². The zero-order chi connectivity index (χ0) is 28.4. The van der Waals surface area contributed by atoms with Crippen LogP contribution in [0.5, 0.6) is 0 Å². The van der Waals surface area contributed by atoms with Gasteiger partial charge in [-0.25, -0.2) is 0 Å². The number of aromatic nitrogens is 1. The monoisotopic (exact) mass is 532 g/mol. The van der Waals surface area contributed by atoms with E-state index in [0.717, 1.165) is 56.9 Å². The van der Waals surface area contributed by atoms with Crippen molar-refractivity contribution in [2.24, 2.45) is 5.73 Å². The molecule has 2 heterocycles. The number of carbonyl (C=O) groups excluding carboxylic acids is 2. The quantitative estimate of drug-likeness (QED) is 0.222. The average molecular weight is 533 g/mol. The topological polar surface area (TPSA) is 91.2 Å². The van der Waals surface area contributed by atoms with E-state index < -0.39 is 0 Å². The second-order valence-electron chi connectivity index (χ2n) is 10.6. The highest BCUT2D eigenvalue weighted by molar-refractivity contribution is 6.36. The van der Waals surface area contributed by atoms with Gasteiger partial charge in [0, 0.05) is 41.8 Å². The molecular formula is C34H36N4O2. The maximum atomic E-state index is 13.6. The van der Waals surface area contributed by atoms with Gasteiger partial charge in [-0.15, -0.1) is 0 Å². The summed E-state index contributed by atoms with van der Waals surface area (Å²) in [5.41, 5.74) is 15.5. The second kappa shape index (κ2) is 11.4. The van der Waals surface area contributed by atoms with E-state index in [1.54, 1.807) is 0 Å². The predicted molar refractivity (Wildman–Crippen MR) is 164 cm³/mol. The van der Waals surface area contributed by atoms with E-state index in [9.17, 15) is 9.59 Å². The Hall–Kier alpha value is -4.42. The lowest BCUT2D eigenvalue weighted by Crippen LogP contribution is -2.40. The fourth-order valence-corrected chi connectivity index (χ4v) is 5.56. The van der Waals surface area contributed by atoms with Crippen molar-refractivity contribution in [3.05, 3.63) is 101 Å². The van der Waals surface area contributed by atoms with Crippen molar-refractivity contribution in [2.75, 3.05) is 18.4 Å². The van der Waals surface area contributed by atoms with Crippen molar-refractivity contribution in [1.29, 1.82) is 0 Å². The average Bonchev–Trinajstić information content (AvgIpc) is 3.42. The summed E-state index contributed by atoms with van der Waals surface area (Å²) >= 11 is 0. The van der Waals surface area contributed by atoms with Gasteiger partial charge < -0.3 is 20.9 Å². The highest BCUT2D eigenvalue weighted by atomic mass is 16.2. The van der Waals surface area contributed by atoms with E-state index in [-0.39, 0.29) is 17.9 Å². The van der Waals surface area contributed by atoms with Crippen molar-refractivity contribution in [3.63, 3.8) is 0 Å². The minimum Gasteiger partial charge on any atom is -0.358 e. The van der Waals surface area contributed by atoms with Crippen LogP contribution in [-0.2, 0) is 4.79 Å². The Morgan fingerprint density at radius 3 is 2.40 bits per heavy atom.